The van der Waals surface area contributed by atoms with E-state index in [2.05, 4.69) is 69.3 Å². The third kappa shape index (κ3) is 2.90. The van der Waals surface area contributed by atoms with Gasteiger partial charge >= 0.3 is 0 Å². The minimum atomic E-state index is 0.816. The lowest BCUT2D eigenvalue weighted by molar-refractivity contribution is 0.841. The first kappa shape index (κ1) is 17.5. The molecule has 0 radical (unpaired) electrons. The maximum atomic E-state index is 4.81. The first-order chi connectivity index (χ1) is 11.9. The van der Waals surface area contributed by atoms with E-state index in [1.807, 2.05) is 6.92 Å². The van der Waals surface area contributed by atoms with Gasteiger partial charge in [0.15, 0.2) is 5.65 Å². The Morgan fingerprint density at radius 1 is 0.880 bits per heavy atom. The molecule has 3 aromatic rings. The summed E-state index contributed by atoms with van der Waals surface area (Å²) in [6.07, 6.45) is 2.20. The molecular weight excluding hydrogens is 308 g/mol. The summed E-state index contributed by atoms with van der Waals surface area (Å²) >= 11 is 0. The van der Waals surface area contributed by atoms with Crippen LogP contribution in [-0.4, -0.2) is 27.6 Å². The molecule has 1 aromatic carbocycles. The summed E-state index contributed by atoms with van der Waals surface area (Å²) < 4.78 is 2.25. The summed E-state index contributed by atoms with van der Waals surface area (Å²) in [5.74, 6) is 1.86. The van der Waals surface area contributed by atoms with Crippen molar-refractivity contribution in [3.05, 3.63) is 46.4 Å². The van der Waals surface area contributed by atoms with E-state index in [1.54, 1.807) is 0 Å². The molecule has 2 aromatic heterocycles. The third-order valence-electron chi connectivity index (χ3n) is 4.87. The molecular formula is C21H28N4. The van der Waals surface area contributed by atoms with Crippen LogP contribution < -0.4 is 4.90 Å². The Labute approximate surface area is 150 Å². The van der Waals surface area contributed by atoms with Crippen LogP contribution in [0.2, 0.25) is 0 Å². The highest BCUT2D eigenvalue weighted by Crippen LogP contribution is 2.32. The first-order valence-electron chi connectivity index (χ1n) is 9.06. The van der Waals surface area contributed by atoms with Crippen molar-refractivity contribution in [3.63, 3.8) is 0 Å². The van der Waals surface area contributed by atoms with Crippen LogP contribution in [0.4, 0.5) is 5.82 Å². The Balaban J connectivity index is 2.37. The minimum absolute atomic E-state index is 0.816. The van der Waals surface area contributed by atoms with E-state index in [1.165, 1.54) is 27.9 Å². The van der Waals surface area contributed by atoms with Gasteiger partial charge in [0.2, 0.25) is 0 Å². The summed E-state index contributed by atoms with van der Waals surface area (Å²) in [6.45, 7) is 16.9. The minimum Gasteiger partial charge on any atom is -0.356 e. The van der Waals surface area contributed by atoms with Crippen LogP contribution in [0.15, 0.2) is 18.3 Å². The molecule has 0 saturated heterocycles. The van der Waals surface area contributed by atoms with E-state index in [-0.39, 0.29) is 0 Å². The number of rotatable bonds is 4. The SMILES string of the molecule is CCN(CC)c1nc(C)nc2c1c(C)cn2-c1c(C)cc(C)cc1C. The number of aryl methyl sites for hydroxylation is 5. The molecule has 0 amide bonds. The van der Waals surface area contributed by atoms with Gasteiger partial charge in [-0.2, -0.15) is 0 Å². The summed E-state index contributed by atoms with van der Waals surface area (Å²) in [5, 5.41) is 1.16. The van der Waals surface area contributed by atoms with Crippen LogP contribution >= 0.6 is 0 Å². The highest BCUT2D eigenvalue weighted by molar-refractivity contribution is 5.92. The number of nitrogens with zero attached hydrogens (tertiary/aromatic N) is 4. The monoisotopic (exact) mass is 336 g/mol. The van der Waals surface area contributed by atoms with Gasteiger partial charge in [0.25, 0.3) is 0 Å². The van der Waals surface area contributed by atoms with E-state index < -0.39 is 0 Å². The number of hydrogen-bond donors (Lipinski definition) is 0. The van der Waals surface area contributed by atoms with E-state index in [9.17, 15) is 0 Å². The summed E-state index contributed by atoms with van der Waals surface area (Å²) in [5.41, 5.74) is 7.29. The Kier molecular flexibility index (Phi) is 4.55. The molecule has 0 saturated carbocycles. The second-order valence-corrected chi connectivity index (χ2v) is 6.89. The zero-order valence-corrected chi connectivity index (χ0v) is 16.4. The Morgan fingerprint density at radius 3 is 2.04 bits per heavy atom. The molecule has 0 N–H and O–H groups in total. The highest BCUT2D eigenvalue weighted by Gasteiger charge is 2.19. The second kappa shape index (κ2) is 6.51. The number of benzene rings is 1. The summed E-state index contributed by atoms with van der Waals surface area (Å²) in [7, 11) is 0. The standard InChI is InChI=1S/C21H28N4/c1-8-24(9-2)20-18-16(6)12-25(21(18)23-17(7)22-20)19-14(4)10-13(3)11-15(19)5/h10-12H,8-9H2,1-7H3. The van der Waals surface area contributed by atoms with E-state index in [0.29, 0.717) is 0 Å². The van der Waals surface area contributed by atoms with Gasteiger partial charge in [0.05, 0.1) is 11.1 Å². The zero-order chi connectivity index (χ0) is 18.3. The molecule has 3 rings (SSSR count). The number of hydrogen-bond acceptors (Lipinski definition) is 3. The highest BCUT2D eigenvalue weighted by atomic mass is 15.2. The molecule has 0 unspecified atom stereocenters. The number of aromatic nitrogens is 3. The Bertz CT molecular complexity index is 910. The van der Waals surface area contributed by atoms with Crippen molar-refractivity contribution in [2.24, 2.45) is 0 Å². The zero-order valence-electron chi connectivity index (χ0n) is 16.4. The van der Waals surface area contributed by atoms with Crippen LogP contribution in [0.1, 0.15) is 41.9 Å². The molecule has 0 fully saturated rings. The van der Waals surface area contributed by atoms with Crippen LogP contribution in [0.5, 0.6) is 0 Å². The molecule has 0 aliphatic rings. The van der Waals surface area contributed by atoms with E-state index >= 15 is 0 Å². The van der Waals surface area contributed by atoms with Gasteiger partial charge in [-0.3, -0.25) is 0 Å². The molecule has 0 atom stereocenters. The number of anilines is 1. The maximum Gasteiger partial charge on any atom is 0.150 e. The van der Waals surface area contributed by atoms with Crippen molar-refractivity contribution in [2.75, 3.05) is 18.0 Å². The predicted molar refractivity (Wildman–Crippen MR) is 106 cm³/mol. The molecule has 4 heteroatoms. The molecule has 0 aliphatic heterocycles. The summed E-state index contributed by atoms with van der Waals surface area (Å²) in [6, 6.07) is 4.48. The van der Waals surface area contributed by atoms with Crippen LogP contribution in [0.3, 0.4) is 0 Å². The van der Waals surface area contributed by atoms with Crippen molar-refractivity contribution in [1.29, 1.82) is 0 Å². The van der Waals surface area contributed by atoms with Gasteiger partial charge in [0.1, 0.15) is 11.6 Å². The summed E-state index contributed by atoms with van der Waals surface area (Å²) in [4.78, 5) is 11.9. The van der Waals surface area contributed by atoms with Gasteiger partial charge < -0.3 is 9.47 Å². The van der Waals surface area contributed by atoms with Crippen molar-refractivity contribution < 1.29 is 0 Å². The van der Waals surface area contributed by atoms with Gasteiger partial charge in [-0.1, -0.05) is 17.7 Å². The van der Waals surface area contributed by atoms with E-state index in [0.717, 1.165) is 35.8 Å². The topological polar surface area (TPSA) is 34.0 Å². The quantitative estimate of drug-likeness (QED) is 0.686. The molecule has 0 bridgehead atoms. The molecule has 0 spiro atoms. The normalized spacial score (nSPS) is 11.3. The first-order valence-corrected chi connectivity index (χ1v) is 9.06. The van der Waals surface area contributed by atoms with Crippen LogP contribution in [0.25, 0.3) is 16.7 Å². The second-order valence-electron chi connectivity index (χ2n) is 6.89. The fraction of sp³-hybridized carbons (Fsp3) is 0.429. The van der Waals surface area contributed by atoms with Crippen molar-refractivity contribution in [1.82, 2.24) is 14.5 Å². The van der Waals surface area contributed by atoms with Crippen molar-refractivity contribution >= 4 is 16.9 Å². The van der Waals surface area contributed by atoms with Gasteiger partial charge in [-0.25, -0.2) is 9.97 Å². The molecule has 2 heterocycles. The lowest BCUT2D eigenvalue weighted by Gasteiger charge is -2.21. The molecule has 132 valence electrons. The van der Waals surface area contributed by atoms with Crippen molar-refractivity contribution in [3.8, 4) is 5.69 Å². The number of fused-ring (bicyclic) bond motifs is 1. The maximum absolute atomic E-state index is 4.81. The molecule has 0 aliphatic carbocycles. The third-order valence-corrected chi connectivity index (χ3v) is 4.87. The van der Waals surface area contributed by atoms with Gasteiger partial charge in [0, 0.05) is 19.3 Å². The van der Waals surface area contributed by atoms with Gasteiger partial charge in [-0.15, -0.1) is 0 Å². The Morgan fingerprint density at radius 2 is 1.48 bits per heavy atom. The fourth-order valence-corrected chi connectivity index (χ4v) is 3.86. The smallest absolute Gasteiger partial charge is 0.150 e. The van der Waals surface area contributed by atoms with Crippen LogP contribution in [0, 0.1) is 34.6 Å². The molecule has 4 nitrogen and oxygen atoms in total. The van der Waals surface area contributed by atoms with Crippen molar-refractivity contribution in [2.45, 2.75) is 48.5 Å². The largest absolute Gasteiger partial charge is 0.356 e. The lowest BCUT2D eigenvalue weighted by atomic mass is 10.1. The average Bonchev–Trinajstić information content (AvgIpc) is 2.84. The Hall–Kier alpha value is -2.36. The van der Waals surface area contributed by atoms with Crippen LogP contribution in [-0.2, 0) is 0 Å². The van der Waals surface area contributed by atoms with E-state index in [4.69, 9.17) is 9.97 Å². The predicted octanol–water partition coefficient (Wildman–Crippen LogP) is 4.81. The fourth-order valence-electron chi connectivity index (χ4n) is 3.86. The van der Waals surface area contributed by atoms with Gasteiger partial charge in [-0.05, 0) is 65.2 Å². The molecule has 25 heavy (non-hydrogen) atoms. The lowest BCUT2D eigenvalue weighted by Crippen LogP contribution is -2.23. The average molecular weight is 336 g/mol.